The summed E-state index contributed by atoms with van der Waals surface area (Å²) in [6, 6.07) is 6.03. The Morgan fingerprint density at radius 3 is 2.43 bits per heavy atom. The lowest BCUT2D eigenvalue weighted by molar-refractivity contribution is 0.0562. The van der Waals surface area contributed by atoms with E-state index in [1.807, 2.05) is 46.8 Å². The standard InChI is InChI=1S/C17H21NO3/c1-10-7-8-12(11(2)9-10)15-18-14(17(3,4)5)13(21-15)16(19)20-6/h7-9H,1-6H3. The zero-order valence-electron chi connectivity index (χ0n) is 13.4. The molecule has 0 unspecified atom stereocenters. The number of carbonyl (C=O) groups is 1. The van der Waals surface area contributed by atoms with Gasteiger partial charge in [-0.1, -0.05) is 38.5 Å². The molecule has 0 bridgehead atoms. The van der Waals surface area contributed by atoms with E-state index < -0.39 is 5.97 Å². The molecule has 1 aromatic heterocycles. The number of esters is 1. The van der Waals surface area contributed by atoms with Gasteiger partial charge in [0.05, 0.1) is 7.11 Å². The summed E-state index contributed by atoms with van der Waals surface area (Å²) in [6.45, 7) is 10.0. The Hall–Kier alpha value is -2.10. The first-order valence-corrected chi connectivity index (χ1v) is 6.91. The number of hydrogen-bond acceptors (Lipinski definition) is 4. The lowest BCUT2D eigenvalue weighted by Gasteiger charge is -2.15. The lowest BCUT2D eigenvalue weighted by atomic mass is 9.91. The molecule has 0 N–H and O–H groups in total. The SMILES string of the molecule is COC(=O)c1oc(-c2ccc(C)cc2C)nc1C(C)(C)C. The molecule has 0 radical (unpaired) electrons. The quantitative estimate of drug-likeness (QED) is 0.782. The first kappa shape index (κ1) is 15.3. The van der Waals surface area contributed by atoms with Crippen LogP contribution in [0.3, 0.4) is 0 Å². The van der Waals surface area contributed by atoms with Crippen molar-refractivity contribution in [3.05, 3.63) is 40.8 Å². The van der Waals surface area contributed by atoms with Crippen molar-refractivity contribution in [3.63, 3.8) is 0 Å². The second kappa shape index (κ2) is 5.35. The van der Waals surface area contributed by atoms with Gasteiger partial charge < -0.3 is 9.15 Å². The second-order valence-corrected chi connectivity index (χ2v) is 6.26. The van der Waals surface area contributed by atoms with Crippen LogP contribution in [0.2, 0.25) is 0 Å². The molecule has 0 aliphatic carbocycles. The summed E-state index contributed by atoms with van der Waals surface area (Å²) >= 11 is 0. The topological polar surface area (TPSA) is 52.3 Å². The highest BCUT2D eigenvalue weighted by Crippen LogP contribution is 2.32. The number of aryl methyl sites for hydroxylation is 2. The smallest absolute Gasteiger partial charge is 0.376 e. The van der Waals surface area contributed by atoms with Gasteiger partial charge in [-0.15, -0.1) is 0 Å². The fourth-order valence-electron chi connectivity index (χ4n) is 2.23. The van der Waals surface area contributed by atoms with E-state index in [4.69, 9.17) is 9.15 Å². The summed E-state index contributed by atoms with van der Waals surface area (Å²) in [7, 11) is 1.34. The van der Waals surface area contributed by atoms with Crippen LogP contribution in [-0.2, 0) is 10.2 Å². The third-order valence-corrected chi connectivity index (χ3v) is 3.32. The van der Waals surface area contributed by atoms with E-state index in [0.717, 1.165) is 11.1 Å². The number of methoxy groups -OCH3 is 1. The highest BCUT2D eigenvalue weighted by atomic mass is 16.5. The van der Waals surface area contributed by atoms with Gasteiger partial charge in [-0.3, -0.25) is 0 Å². The number of ether oxygens (including phenoxy) is 1. The molecular weight excluding hydrogens is 266 g/mol. The van der Waals surface area contributed by atoms with E-state index in [0.29, 0.717) is 11.6 Å². The number of carbonyl (C=O) groups excluding carboxylic acids is 1. The second-order valence-electron chi connectivity index (χ2n) is 6.26. The predicted molar refractivity (Wildman–Crippen MR) is 81.5 cm³/mol. The molecule has 0 saturated heterocycles. The number of hydrogen-bond donors (Lipinski definition) is 0. The number of oxazole rings is 1. The molecule has 0 spiro atoms. The Morgan fingerprint density at radius 2 is 1.90 bits per heavy atom. The molecule has 2 rings (SSSR count). The average molecular weight is 287 g/mol. The molecule has 21 heavy (non-hydrogen) atoms. The van der Waals surface area contributed by atoms with Crippen molar-refractivity contribution in [2.75, 3.05) is 7.11 Å². The van der Waals surface area contributed by atoms with Gasteiger partial charge >= 0.3 is 5.97 Å². The highest BCUT2D eigenvalue weighted by molar-refractivity contribution is 5.88. The fraction of sp³-hybridized carbons (Fsp3) is 0.412. The molecule has 4 heteroatoms. The first-order valence-electron chi connectivity index (χ1n) is 6.91. The van der Waals surface area contributed by atoms with Crippen molar-refractivity contribution >= 4 is 5.97 Å². The van der Waals surface area contributed by atoms with Crippen molar-refractivity contribution in [1.29, 1.82) is 0 Å². The summed E-state index contributed by atoms with van der Waals surface area (Å²) in [5, 5.41) is 0. The van der Waals surface area contributed by atoms with Crippen LogP contribution < -0.4 is 0 Å². The minimum atomic E-state index is -0.497. The molecule has 0 saturated carbocycles. The van der Waals surface area contributed by atoms with Crippen LogP contribution in [0.15, 0.2) is 22.6 Å². The average Bonchev–Trinajstić information content (AvgIpc) is 2.82. The number of nitrogens with zero attached hydrogens (tertiary/aromatic N) is 1. The summed E-state index contributed by atoms with van der Waals surface area (Å²) in [4.78, 5) is 16.5. The van der Waals surface area contributed by atoms with Crippen LogP contribution in [0.25, 0.3) is 11.5 Å². The predicted octanol–water partition coefficient (Wildman–Crippen LogP) is 4.04. The number of aromatic nitrogens is 1. The van der Waals surface area contributed by atoms with Crippen molar-refractivity contribution in [1.82, 2.24) is 4.98 Å². The normalized spacial score (nSPS) is 11.5. The van der Waals surface area contributed by atoms with E-state index in [2.05, 4.69) is 11.1 Å². The summed E-state index contributed by atoms with van der Waals surface area (Å²) in [6.07, 6.45) is 0. The molecule has 4 nitrogen and oxygen atoms in total. The summed E-state index contributed by atoms with van der Waals surface area (Å²) < 4.78 is 10.5. The highest BCUT2D eigenvalue weighted by Gasteiger charge is 2.30. The first-order chi connectivity index (χ1) is 9.74. The molecule has 0 aliphatic heterocycles. The number of benzene rings is 1. The van der Waals surface area contributed by atoms with E-state index in [-0.39, 0.29) is 11.2 Å². The van der Waals surface area contributed by atoms with Crippen LogP contribution in [-0.4, -0.2) is 18.1 Å². The zero-order valence-corrected chi connectivity index (χ0v) is 13.4. The van der Waals surface area contributed by atoms with Crippen LogP contribution >= 0.6 is 0 Å². The van der Waals surface area contributed by atoms with Gasteiger partial charge in [0.1, 0.15) is 5.69 Å². The minimum Gasteiger partial charge on any atom is -0.463 e. The van der Waals surface area contributed by atoms with Crippen molar-refractivity contribution < 1.29 is 13.9 Å². The van der Waals surface area contributed by atoms with Gasteiger partial charge in [0.2, 0.25) is 11.7 Å². The molecule has 0 fully saturated rings. The molecule has 1 heterocycles. The zero-order chi connectivity index (χ0) is 15.8. The van der Waals surface area contributed by atoms with Crippen LogP contribution in [0.5, 0.6) is 0 Å². The molecule has 1 aromatic carbocycles. The van der Waals surface area contributed by atoms with Crippen molar-refractivity contribution in [3.8, 4) is 11.5 Å². The van der Waals surface area contributed by atoms with Gasteiger partial charge in [-0.05, 0) is 25.5 Å². The third kappa shape index (κ3) is 2.99. The van der Waals surface area contributed by atoms with Gasteiger partial charge in [0.25, 0.3) is 0 Å². The summed E-state index contributed by atoms with van der Waals surface area (Å²) in [5.41, 5.74) is 3.44. The van der Waals surface area contributed by atoms with E-state index in [9.17, 15) is 4.79 Å². The Morgan fingerprint density at radius 1 is 1.24 bits per heavy atom. The van der Waals surface area contributed by atoms with Crippen LogP contribution in [0.4, 0.5) is 0 Å². The maximum Gasteiger partial charge on any atom is 0.376 e. The molecular formula is C17H21NO3. The molecule has 0 atom stereocenters. The molecule has 0 aliphatic rings. The molecule has 112 valence electrons. The van der Waals surface area contributed by atoms with E-state index in [1.54, 1.807) is 0 Å². The molecule has 2 aromatic rings. The van der Waals surface area contributed by atoms with Crippen LogP contribution in [0, 0.1) is 13.8 Å². The van der Waals surface area contributed by atoms with Gasteiger partial charge in [-0.2, -0.15) is 0 Å². The minimum absolute atomic E-state index is 0.181. The van der Waals surface area contributed by atoms with E-state index in [1.165, 1.54) is 12.7 Å². The van der Waals surface area contributed by atoms with Gasteiger partial charge in [0.15, 0.2) is 0 Å². The Labute approximate surface area is 125 Å². The van der Waals surface area contributed by atoms with E-state index >= 15 is 0 Å². The Balaban J connectivity index is 2.61. The maximum absolute atomic E-state index is 11.9. The fourth-order valence-corrected chi connectivity index (χ4v) is 2.23. The van der Waals surface area contributed by atoms with Crippen molar-refractivity contribution in [2.24, 2.45) is 0 Å². The van der Waals surface area contributed by atoms with Gasteiger partial charge in [-0.25, -0.2) is 9.78 Å². The summed E-state index contributed by atoms with van der Waals surface area (Å²) in [5.74, 6) is 0.140. The van der Waals surface area contributed by atoms with Crippen LogP contribution in [0.1, 0.15) is 48.1 Å². The third-order valence-electron chi connectivity index (χ3n) is 3.32. The monoisotopic (exact) mass is 287 g/mol. The molecule has 0 amide bonds. The largest absolute Gasteiger partial charge is 0.463 e. The van der Waals surface area contributed by atoms with Gasteiger partial charge in [0, 0.05) is 11.0 Å². The van der Waals surface area contributed by atoms with Crippen molar-refractivity contribution in [2.45, 2.75) is 40.0 Å². The Kier molecular flexibility index (Phi) is 3.90. The lowest BCUT2D eigenvalue weighted by Crippen LogP contribution is -2.17. The number of rotatable bonds is 2. The Bertz CT molecular complexity index is 678. The maximum atomic E-state index is 11.9.